The summed E-state index contributed by atoms with van der Waals surface area (Å²) in [5, 5.41) is 26.6. The van der Waals surface area contributed by atoms with Gasteiger partial charge in [0.15, 0.2) is 22.5 Å². The van der Waals surface area contributed by atoms with Crippen molar-refractivity contribution in [3.05, 3.63) is 64.5 Å². The Balaban J connectivity index is 0.832. The van der Waals surface area contributed by atoms with E-state index in [1.54, 1.807) is 11.3 Å². The van der Waals surface area contributed by atoms with Gasteiger partial charge in [-0.25, -0.2) is 20.2 Å². The van der Waals surface area contributed by atoms with Crippen LogP contribution in [0.2, 0.25) is 0 Å². The first kappa shape index (κ1) is 38.7. The van der Waals surface area contributed by atoms with Crippen molar-refractivity contribution in [1.29, 1.82) is 0 Å². The lowest BCUT2D eigenvalue weighted by molar-refractivity contribution is -0.138. The zero-order valence-corrected chi connectivity index (χ0v) is 36.4. The maximum Gasteiger partial charge on any atom is 0.355 e. The lowest BCUT2D eigenvalue weighted by Crippen LogP contribution is -2.49. The van der Waals surface area contributed by atoms with Crippen LogP contribution in [0.5, 0.6) is 0 Å². The van der Waals surface area contributed by atoms with Crippen molar-refractivity contribution < 1.29 is 14.6 Å². The third-order valence-electron chi connectivity index (χ3n) is 16.3. The Morgan fingerprint density at radius 1 is 1.02 bits per heavy atom. The molecule has 12 nitrogen and oxygen atoms in total. The minimum Gasteiger partial charge on any atom is -0.476 e. The van der Waals surface area contributed by atoms with Gasteiger partial charge in [0.25, 0.3) is 0 Å². The monoisotopic (exact) mass is 829 g/mol. The third kappa shape index (κ3) is 6.35. The molecule has 4 aliphatic carbocycles. The first-order chi connectivity index (χ1) is 29.0. The van der Waals surface area contributed by atoms with Gasteiger partial charge in [-0.15, -0.1) is 10.2 Å². The summed E-state index contributed by atoms with van der Waals surface area (Å²) in [7, 11) is 0. The summed E-state index contributed by atoms with van der Waals surface area (Å²) in [6.07, 6.45) is 11.9. The van der Waals surface area contributed by atoms with E-state index in [1.807, 2.05) is 35.2 Å². The Bertz CT molecular complexity index is 2360. The second-order valence-corrected chi connectivity index (χ2v) is 21.0. The maximum atomic E-state index is 13.0. The van der Waals surface area contributed by atoms with Gasteiger partial charge < -0.3 is 30.0 Å². The largest absolute Gasteiger partial charge is 0.476 e. The fourth-order valence-electron chi connectivity index (χ4n) is 14.0. The van der Waals surface area contributed by atoms with E-state index in [2.05, 4.69) is 59.5 Å². The van der Waals surface area contributed by atoms with E-state index >= 15 is 0 Å². The average molecular weight is 830 g/mol. The van der Waals surface area contributed by atoms with E-state index in [9.17, 15) is 9.90 Å². The van der Waals surface area contributed by atoms with Crippen LogP contribution in [-0.4, -0.2) is 92.6 Å². The molecule has 3 N–H and O–H groups in total. The summed E-state index contributed by atoms with van der Waals surface area (Å²) in [5.74, 6) is 3.77. The Morgan fingerprint density at radius 3 is 2.70 bits per heavy atom. The van der Waals surface area contributed by atoms with Crippen molar-refractivity contribution in [1.82, 2.24) is 35.5 Å². The number of nitrogens with zero attached hydrogens (tertiary/aromatic N) is 7. The van der Waals surface area contributed by atoms with E-state index < -0.39 is 5.97 Å². The molecule has 0 radical (unpaired) electrons. The number of nitrogens with one attached hydrogen (secondary N) is 2. The summed E-state index contributed by atoms with van der Waals surface area (Å²) in [6, 6.07) is 12.0. The Kier molecular flexibility index (Phi) is 9.33. The van der Waals surface area contributed by atoms with Crippen molar-refractivity contribution in [3.8, 4) is 0 Å². The standard InChI is InChI=1S/C47H59N9O3S/c1-28-21-47(59-19-18-54-15-7-8-16-54)22-31-20-35(28)46(23-36(31)45(4,25-46)26-47)27-56-30(3)34(24-48-56)33-13-14-39(50-40(33)43(57)58)55-17-9-10-32-29(2)41(52-53-42(32)55)51-44-49-37-11-5-6-12-38(37)60-44/h5-6,11-14,28,31,35-36,48H,7-10,15-27H2,1-4H3,(H,57,58)(H,49,51,52). The van der Waals surface area contributed by atoms with Crippen LogP contribution in [0.25, 0.3) is 15.8 Å². The van der Waals surface area contributed by atoms with Crippen LogP contribution in [0.4, 0.5) is 22.6 Å². The molecule has 3 aromatic heterocycles. The molecule has 7 aliphatic rings. The zero-order valence-electron chi connectivity index (χ0n) is 35.6. The number of carboxylic acid groups (broad SMARTS) is 1. The first-order valence-electron chi connectivity index (χ1n) is 22.6. The van der Waals surface area contributed by atoms with Crippen LogP contribution in [0.15, 0.2) is 42.1 Å². The number of rotatable bonds is 11. The van der Waals surface area contributed by atoms with Crippen LogP contribution >= 0.6 is 11.3 Å². The number of para-hydroxylation sites is 1. The summed E-state index contributed by atoms with van der Waals surface area (Å²) in [4.78, 5) is 27.3. The quantitative estimate of drug-likeness (QED) is 0.134. The highest BCUT2D eigenvalue weighted by atomic mass is 32.1. The van der Waals surface area contributed by atoms with E-state index in [-0.39, 0.29) is 16.7 Å². The van der Waals surface area contributed by atoms with E-state index in [1.165, 1.54) is 64.5 Å². The number of likely N-dealkylation sites (tertiary alicyclic amines) is 1. The number of pyridine rings is 1. The normalized spacial score (nSPS) is 32.1. The first-order valence-corrected chi connectivity index (χ1v) is 23.4. The van der Waals surface area contributed by atoms with Gasteiger partial charge in [-0.05, 0) is 155 Å². The molecule has 1 saturated heterocycles. The summed E-state index contributed by atoms with van der Waals surface area (Å²) >= 11 is 1.59. The summed E-state index contributed by atoms with van der Waals surface area (Å²) in [5.41, 5.74) is 10.3. The number of fused-ring (bicyclic) bond motifs is 6. The zero-order chi connectivity index (χ0) is 41.0. The number of carbonyl (C=O) groups is 1. The minimum atomic E-state index is -1.02. The molecule has 0 amide bonds. The van der Waals surface area contributed by atoms with Crippen LogP contribution in [0, 0.1) is 41.4 Å². The number of ether oxygens (including phenoxy) is 1. The molecule has 60 heavy (non-hydrogen) atoms. The second kappa shape index (κ2) is 14.5. The molecule has 11 rings (SSSR count). The molecule has 6 heterocycles. The number of anilines is 4. The molecule has 1 aromatic carbocycles. The van der Waals surface area contributed by atoms with Gasteiger partial charge in [0.1, 0.15) is 5.82 Å². The Hall–Kier alpha value is -4.17. The smallest absolute Gasteiger partial charge is 0.355 e. The molecule has 5 bridgehead atoms. The molecule has 3 aliphatic heterocycles. The Labute approximate surface area is 357 Å². The van der Waals surface area contributed by atoms with Gasteiger partial charge in [-0.3, -0.25) is 0 Å². The Morgan fingerprint density at radius 2 is 1.87 bits per heavy atom. The lowest BCUT2D eigenvalue weighted by Gasteiger charge is -2.51. The number of hydrogen-bond acceptors (Lipinski definition) is 12. The van der Waals surface area contributed by atoms with Crippen molar-refractivity contribution in [2.75, 3.05) is 56.1 Å². The van der Waals surface area contributed by atoms with Gasteiger partial charge >= 0.3 is 5.97 Å². The highest BCUT2D eigenvalue weighted by molar-refractivity contribution is 7.22. The van der Waals surface area contributed by atoms with Crippen LogP contribution in [0.3, 0.4) is 0 Å². The molecular formula is C47H59N9O3S. The topological polar surface area (TPSA) is 132 Å². The summed E-state index contributed by atoms with van der Waals surface area (Å²) in [6.45, 7) is 16.0. The molecule has 13 heteroatoms. The fraction of sp³-hybridized carbons (Fsp3) is 0.596. The van der Waals surface area contributed by atoms with Gasteiger partial charge in [-0.1, -0.05) is 37.3 Å². The second-order valence-electron chi connectivity index (χ2n) is 19.9. The maximum absolute atomic E-state index is 13.0. The molecule has 7 atom stereocenters. The van der Waals surface area contributed by atoms with Crippen LogP contribution in [-0.2, 0) is 11.2 Å². The van der Waals surface area contributed by atoms with E-state index in [0.717, 1.165) is 87.9 Å². The van der Waals surface area contributed by atoms with E-state index in [4.69, 9.17) is 19.8 Å². The van der Waals surface area contributed by atoms with Gasteiger partial charge in [0.2, 0.25) is 0 Å². The predicted molar refractivity (Wildman–Crippen MR) is 236 cm³/mol. The molecule has 7 unspecified atom stereocenters. The number of thiazole rings is 1. The lowest BCUT2D eigenvalue weighted by atomic mass is 9.58. The number of aromatic nitrogens is 4. The molecule has 5 fully saturated rings. The number of hydrogen-bond donors (Lipinski definition) is 3. The van der Waals surface area contributed by atoms with Gasteiger partial charge in [0.05, 0.1) is 22.4 Å². The van der Waals surface area contributed by atoms with Crippen LogP contribution < -0.4 is 15.6 Å². The van der Waals surface area contributed by atoms with Gasteiger partial charge in [-0.2, -0.15) is 0 Å². The van der Waals surface area contributed by atoms with Crippen molar-refractivity contribution >= 4 is 55.7 Å². The molecule has 4 aromatic rings. The van der Waals surface area contributed by atoms with E-state index in [0.29, 0.717) is 47.5 Å². The number of hydrazine groups is 1. The van der Waals surface area contributed by atoms with Gasteiger partial charge in [0, 0.05) is 48.6 Å². The van der Waals surface area contributed by atoms with Crippen molar-refractivity contribution in [2.24, 2.45) is 34.5 Å². The highest BCUT2D eigenvalue weighted by Crippen LogP contribution is 2.74. The SMILES string of the molecule is CC1=C(c2ccc(N3CCCc4c3nnc(Nc3nc5ccccc5s3)c4C)nc2C(=O)O)CNN1CC12CC3C4CC1C(C)CC(OCCN1CCCC1)(C4)CC3(C)C2. The fourth-order valence-corrected chi connectivity index (χ4v) is 14.9. The number of carboxylic acids is 1. The summed E-state index contributed by atoms with van der Waals surface area (Å²) < 4.78 is 8.19. The van der Waals surface area contributed by atoms with Crippen molar-refractivity contribution in [3.63, 3.8) is 0 Å². The minimum absolute atomic E-state index is 0.0290. The molecular weight excluding hydrogens is 771 g/mol. The predicted octanol–water partition coefficient (Wildman–Crippen LogP) is 8.59. The number of benzene rings is 1. The highest BCUT2D eigenvalue weighted by Gasteiger charge is 2.69. The van der Waals surface area contributed by atoms with Crippen molar-refractivity contribution in [2.45, 2.75) is 97.5 Å². The molecule has 316 valence electrons. The molecule has 0 spiro atoms. The number of allylic oxidation sites excluding steroid dienone is 1. The average Bonchev–Trinajstić information content (AvgIpc) is 4.02. The third-order valence-corrected chi connectivity index (χ3v) is 17.2. The molecule has 4 saturated carbocycles. The number of aromatic carboxylic acids is 1. The van der Waals surface area contributed by atoms with Crippen LogP contribution in [0.1, 0.15) is 106 Å².